The highest BCUT2D eigenvalue weighted by atomic mass is 35.5. The third kappa shape index (κ3) is 3.41. The molecule has 0 saturated carbocycles. The zero-order valence-electron chi connectivity index (χ0n) is 15.1. The molecule has 0 saturated heterocycles. The van der Waals surface area contributed by atoms with Crippen LogP contribution < -0.4 is 5.32 Å². The van der Waals surface area contributed by atoms with Crippen LogP contribution in [0.5, 0.6) is 0 Å². The molecule has 0 radical (unpaired) electrons. The van der Waals surface area contributed by atoms with E-state index in [4.69, 9.17) is 5.10 Å². The number of tetrazole rings is 1. The summed E-state index contributed by atoms with van der Waals surface area (Å²) in [5.41, 5.74) is 2.99. The molecule has 0 unspecified atom stereocenters. The SMILES string of the molecule is Cl.c1ccc(-n2nnnc2Cn2ccnc2-c2cc3n(n2)CCCNC3)cc1. The van der Waals surface area contributed by atoms with E-state index in [1.165, 1.54) is 5.69 Å². The molecule has 9 nitrogen and oxygen atoms in total. The van der Waals surface area contributed by atoms with Crippen molar-refractivity contribution in [2.75, 3.05) is 6.54 Å². The molecule has 28 heavy (non-hydrogen) atoms. The number of halogens is 1. The van der Waals surface area contributed by atoms with E-state index in [1.54, 1.807) is 10.9 Å². The van der Waals surface area contributed by atoms with Gasteiger partial charge in [0, 0.05) is 25.5 Å². The van der Waals surface area contributed by atoms with Gasteiger partial charge >= 0.3 is 0 Å². The Hall–Kier alpha value is -3.04. The first kappa shape index (κ1) is 18.3. The summed E-state index contributed by atoms with van der Waals surface area (Å²) < 4.78 is 5.85. The van der Waals surface area contributed by atoms with Gasteiger partial charge in [0.2, 0.25) is 0 Å². The molecular weight excluding hydrogens is 378 g/mol. The van der Waals surface area contributed by atoms with Crippen molar-refractivity contribution in [3.05, 3.63) is 60.3 Å². The monoisotopic (exact) mass is 397 g/mol. The maximum atomic E-state index is 4.76. The fourth-order valence-corrected chi connectivity index (χ4v) is 3.37. The fraction of sp³-hybridized carbons (Fsp3) is 0.278. The van der Waals surface area contributed by atoms with Crippen LogP contribution in [0.3, 0.4) is 0 Å². The summed E-state index contributed by atoms with van der Waals surface area (Å²) in [6.45, 7) is 3.29. The van der Waals surface area contributed by atoms with Crippen LogP contribution in [-0.2, 0) is 19.6 Å². The molecule has 4 heterocycles. The summed E-state index contributed by atoms with van der Waals surface area (Å²) in [4.78, 5) is 4.53. The van der Waals surface area contributed by atoms with Gasteiger partial charge < -0.3 is 9.88 Å². The predicted octanol–water partition coefficient (Wildman–Crippen LogP) is 1.69. The molecule has 4 aromatic rings. The molecule has 5 rings (SSSR count). The summed E-state index contributed by atoms with van der Waals surface area (Å²) >= 11 is 0. The number of hydrogen-bond acceptors (Lipinski definition) is 6. The second-order valence-electron chi connectivity index (χ2n) is 6.50. The molecule has 1 aliphatic heterocycles. The number of nitrogens with zero attached hydrogens (tertiary/aromatic N) is 8. The highest BCUT2D eigenvalue weighted by molar-refractivity contribution is 5.85. The summed E-state index contributed by atoms with van der Waals surface area (Å²) in [5, 5.41) is 20.3. The van der Waals surface area contributed by atoms with Gasteiger partial charge in [-0.3, -0.25) is 4.68 Å². The topological polar surface area (TPSA) is 91.3 Å². The Bertz CT molecular complexity index is 1030. The molecule has 0 aliphatic carbocycles. The summed E-state index contributed by atoms with van der Waals surface area (Å²) in [7, 11) is 0. The lowest BCUT2D eigenvalue weighted by molar-refractivity contribution is 0.587. The highest BCUT2D eigenvalue weighted by Gasteiger charge is 2.17. The minimum absolute atomic E-state index is 0. The number of nitrogens with one attached hydrogen (secondary N) is 1. The largest absolute Gasteiger partial charge is 0.322 e. The van der Waals surface area contributed by atoms with Crippen LogP contribution in [0.25, 0.3) is 17.2 Å². The first-order chi connectivity index (χ1) is 13.4. The van der Waals surface area contributed by atoms with Crippen LogP contribution in [-0.4, -0.2) is 46.1 Å². The third-order valence-electron chi connectivity index (χ3n) is 4.68. The molecule has 1 aromatic carbocycles. The summed E-state index contributed by atoms with van der Waals surface area (Å²) in [6.07, 6.45) is 4.80. The normalized spacial score (nSPS) is 13.6. The molecule has 144 valence electrons. The number of fused-ring (bicyclic) bond motifs is 1. The smallest absolute Gasteiger partial charge is 0.176 e. The van der Waals surface area contributed by atoms with Gasteiger partial charge in [-0.1, -0.05) is 18.2 Å². The van der Waals surface area contributed by atoms with Crippen LogP contribution in [0.4, 0.5) is 0 Å². The van der Waals surface area contributed by atoms with E-state index in [-0.39, 0.29) is 12.4 Å². The van der Waals surface area contributed by atoms with Gasteiger partial charge in [-0.25, -0.2) is 4.98 Å². The van der Waals surface area contributed by atoms with E-state index < -0.39 is 0 Å². The Morgan fingerprint density at radius 3 is 2.93 bits per heavy atom. The van der Waals surface area contributed by atoms with Crippen molar-refractivity contribution in [2.45, 2.75) is 26.1 Å². The maximum Gasteiger partial charge on any atom is 0.176 e. The number of imidazole rings is 1. The van der Waals surface area contributed by atoms with E-state index >= 15 is 0 Å². The van der Waals surface area contributed by atoms with Crippen molar-refractivity contribution in [2.24, 2.45) is 0 Å². The minimum Gasteiger partial charge on any atom is -0.322 e. The van der Waals surface area contributed by atoms with Gasteiger partial charge in [0.15, 0.2) is 11.6 Å². The van der Waals surface area contributed by atoms with E-state index in [0.717, 1.165) is 49.1 Å². The molecule has 1 N–H and O–H groups in total. The van der Waals surface area contributed by atoms with Crippen LogP contribution in [0.1, 0.15) is 17.9 Å². The van der Waals surface area contributed by atoms with E-state index in [9.17, 15) is 0 Å². The van der Waals surface area contributed by atoms with Crippen molar-refractivity contribution in [1.82, 2.24) is 44.9 Å². The molecule has 3 aromatic heterocycles. The van der Waals surface area contributed by atoms with Crippen molar-refractivity contribution >= 4 is 12.4 Å². The van der Waals surface area contributed by atoms with E-state index in [1.807, 2.05) is 41.1 Å². The Morgan fingerprint density at radius 1 is 1.14 bits per heavy atom. The molecule has 0 bridgehead atoms. The van der Waals surface area contributed by atoms with Gasteiger partial charge in [-0.2, -0.15) is 9.78 Å². The number of aryl methyl sites for hydroxylation is 1. The van der Waals surface area contributed by atoms with Crippen LogP contribution in [0.2, 0.25) is 0 Å². The number of benzene rings is 1. The van der Waals surface area contributed by atoms with Gasteiger partial charge in [0.05, 0.1) is 17.9 Å². The molecule has 10 heteroatoms. The highest BCUT2D eigenvalue weighted by Crippen LogP contribution is 2.20. The Balaban J connectivity index is 0.00000192. The van der Waals surface area contributed by atoms with E-state index in [0.29, 0.717) is 6.54 Å². The molecule has 0 amide bonds. The van der Waals surface area contributed by atoms with Crippen molar-refractivity contribution in [3.8, 4) is 17.2 Å². The number of hydrogen-bond donors (Lipinski definition) is 1. The number of aromatic nitrogens is 8. The van der Waals surface area contributed by atoms with Gasteiger partial charge in [0.1, 0.15) is 5.69 Å². The lowest BCUT2D eigenvalue weighted by Gasteiger charge is -2.07. The Labute approximate surface area is 167 Å². The van der Waals surface area contributed by atoms with Crippen molar-refractivity contribution in [1.29, 1.82) is 0 Å². The Kier molecular flexibility index (Phi) is 5.18. The fourth-order valence-electron chi connectivity index (χ4n) is 3.37. The van der Waals surface area contributed by atoms with Crippen LogP contribution in [0, 0.1) is 0 Å². The van der Waals surface area contributed by atoms with Crippen molar-refractivity contribution in [3.63, 3.8) is 0 Å². The second-order valence-corrected chi connectivity index (χ2v) is 6.50. The molecule has 0 atom stereocenters. The maximum absolute atomic E-state index is 4.76. The standard InChI is InChI=1S/C18H19N9.ClH/c1-2-5-14(6-3-1)27-17(21-23-24-27)13-25-10-8-20-18(25)16-11-15-12-19-7-4-9-26(15)22-16;/h1-3,5-6,8,10-11,19H,4,7,9,12-13H2;1H. The van der Waals surface area contributed by atoms with E-state index in [2.05, 4.69) is 36.6 Å². The lowest BCUT2D eigenvalue weighted by Crippen LogP contribution is -2.11. The predicted molar refractivity (Wildman–Crippen MR) is 105 cm³/mol. The minimum atomic E-state index is 0. The van der Waals surface area contributed by atoms with Crippen molar-refractivity contribution < 1.29 is 0 Å². The first-order valence-electron chi connectivity index (χ1n) is 9.00. The zero-order valence-corrected chi connectivity index (χ0v) is 16.0. The van der Waals surface area contributed by atoms with Crippen LogP contribution in [0.15, 0.2) is 48.8 Å². The van der Waals surface area contributed by atoms with Gasteiger partial charge in [-0.15, -0.1) is 17.5 Å². The number of rotatable bonds is 4. The summed E-state index contributed by atoms with van der Waals surface area (Å²) in [6, 6.07) is 12.0. The molecule has 0 fully saturated rings. The van der Waals surface area contributed by atoms with Crippen LogP contribution >= 0.6 is 12.4 Å². The average molecular weight is 398 g/mol. The Morgan fingerprint density at radius 2 is 2.04 bits per heavy atom. The molecule has 1 aliphatic rings. The van der Waals surface area contributed by atoms with Gasteiger partial charge in [-0.05, 0) is 41.6 Å². The van der Waals surface area contributed by atoms with Gasteiger partial charge in [0.25, 0.3) is 0 Å². The zero-order chi connectivity index (χ0) is 18.1. The molecular formula is C18H20ClN9. The lowest BCUT2D eigenvalue weighted by atomic mass is 10.3. The third-order valence-corrected chi connectivity index (χ3v) is 4.68. The summed E-state index contributed by atoms with van der Waals surface area (Å²) in [5.74, 6) is 1.56. The quantitative estimate of drug-likeness (QED) is 0.563. The first-order valence-corrected chi connectivity index (χ1v) is 9.00. The number of para-hydroxylation sites is 1. The second kappa shape index (κ2) is 7.91. The average Bonchev–Trinajstić information content (AvgIpc) is 3.41. The molecule has 0 spiro atoms.